The minimum absolute atomic E-state index is 1.01. The van der Waals surface area contributed by atoms with Gasteiger partial charge in [0.05, 0.1) is 6.42 Å². The van der Waals surface area contributed by atoms with E-state index in [2.05, 4.69) is 6.92 Å². The Labute approximate surface area is 247 Å². The smallest absolute Gasteiger partial charge is 0.325 e. The third kappa shape index (κ3) is 30.6. The number of rotatable bonds is 24. The van der Waals surface area contributed by atoms with E-state index >= 15 is 0 Å². The molecule has 35 heavy (non-hydrogen) atoms. The fourth-order valence-electron chi connectivity index (χ4n) is 3.58. The molecule has 0 aliphatic heterocycles. The molecule has 0 radical (unpaired) electrons. The number of unbranched alkanes of at least 4 members (excludes halogenated alkanes) is 15. The zero-order valence-corrected chi connectivity index (χ0v) is 26.2. The van der Waals surface area contributed by atoms with Crippen LogP contribution in [0.25, 0.3) is 0 Å². The third-order valence-corrected chi connectivity index (χ3v) is 7.97. The van der Waals surface area contributed by atoms with Gasteiger partial charge in [-0.05, 0) is 0 Å². The van der Waals surface area contributed by atoms with Crippen molar-refractivity contribution in [3.8, 4) is 0 Å². The summed E-state index contributed by atoms with van der Waals surface area (Å²) in [5.74, 6) is -3.50. The Kier molecular flexibility index (Phi) is 29.5. The standard InChI is InChI=1S/C21H43O.C4H6O7S.K/c1-3-5-6-7-8-9-10-11-12-13-14-15-16-17-18-19-21-22-20-4-2;5-3(6)1-2(4(7)8)12(9,10)11;/h2-21H2,1H3;2H,1H2,(H,5,6)(H,7,8)(H,9,10,11);. The zero-order chi connectivity index (χ0) is 26.8. The second-order valence-corrected chi connectivity index (χ2v) is 12.4. The van der Waals surface area contributed by atoms with Gasteiger partial charge in [0.1, 0.15) is 0 Å². The summed E-state index contributed by atoms with van der Waals surface area (Å²) in [5.41, 5.74) is 0. The number of aliphatic carboxylic acids is 2. The monoisotopic (exact) mass is 548 g/mol. The molecule has 0 aliphatic rings. The van der Waals surface area contributed by atoms with Crippen molar-refractivity contribution in [1.29, 1.82) is 0 Å². The summed E-state index contributed by atoms with van der Waals surface area (Å²) in [7, 11) is -4.84. The number of hydrogen-bond donors (Lipinski definition) is 3. The molecule has 0 heterocycles. The van der Waals surface area contributed by atoms with Crippen LogP contribution in [-0.2, 0) is 24.4 Å². The summed E-state index contributed by atoms with van der Waals surface area (Å²) < 4.78 is 35.7. The molecule has 0 fully saturated rings. The molecular formula is C25H49KO8S. The van der Waals surface area contributed by atoms with Crippen LogP contribution in [0.3, 0.4) is 0 Å². The van der Waals surface area contributed by atoms with E-state index in [4.69, 9.17) is 19.5 Å². The molecule has 8 nitrogen and oxygen atoms in total. The van der Waals surface area contributed by atoms with Crippen LogP contribution >= 0.6 is 0 Å². The van der Waals surface area contributed by atoms with Crippen molar-refractivity contribution >= 4 is 71.0 Å². The van der Waals surface area contributed by atoms with Crippen LogP contribution in [0.15, 0.2) is 0 Å². The Morgan fingerprint density at radius 2 is 1.09 bits per heavy atom. The molecule has 0 aliphatic carbocycles. The first-order chi connectivity index (χ1) is 16.7. The average Bonchev–Trinajstić information content (AvgIpc) is 2.78. The van der Waals surface area contributed by atoms with Crippen LogP contribution in [0.2, 0.25) is 0.515 Å². The Morgan fingerprint density at radius 1 is 0.714 bits per heavy atom. The second kappa shape index (κ2) is 27.5. The van der Waals surface area contributed by atoms with E-state index in [1.54, 1.807) is 0 Å². The Balaban J connectivity index is 0. The van der Waals surface area contributed by atoms with Crippen LogP contribution in [-0.4, -0.2) is 103 Å². The maximum absolute atomic E-state index is 10.2. The van der Waals surface area contributed by atoms with Gasteiger partial charge in [0.2, 0.25) is 0 Å². The maximum Gasteiger partial charge on any atom is 0.325 e. The predicted octanol–water partition coefficient (Wildman–Crippen LogP) is 6.04. The van der Waals surface area contributed by atoms with Gasteiger partial charge in [0.15, 0.2) is 5.25 Å². The van der Waals surface area contributed by atoms with E-state index in [0.29, 0.717) is 0 Å². The molecule has 0 saturated heterocycles. The van der Waals surface area contributed by atoms with Gasteiger partial charge >= 0.3 is 131 Å². The molecule has 0 aromatic rings. The van der Waals surface area contributed by atoms with Crippen molar-refractivity contribution in [3.63, 3.8) is 0 Å². The molecule has 0 aromatic heterocycles. The van der Waals surface area contributed by atoms with E-state index < -0.39 is 33.7 Å². The van der Waals surface area contributed by atoms with Crippen LogP contribution < -0.4 is 0 Å². The van der Waals surface area contributed by atoms with E-state index in [0.717, 1.165) is 62.2 Å². The van der Waals surface area contributed by atoms with Crippen molar-refractivity contribution in [2.75, 3.05) is 13.2 Å². The Bertz CT molecular complexity index is 578. The van der Waals surface area contributed by atoms with Crippen LogP contribution in [0.5, 0.6) is 0 Å². The molecule has 10 heteroatoms. The SMILES string of the molecule is CCCCCCCCCCCCCCCCCCOCC[CH2][K].O=C(O)CC(C(=O)O)S(=O)(=O)O. The topological polar surface area (TPSA) is 138 Å². The first-order valence-electron chi connectivity index (χ1n) is 13.6. The number of hydrogen-bond acceptors (Lipinski definition) is 5. The summed E-state index contributed by atoms with van der Waals surface area (Å²) in [6, 6.07) is 0. The average molecular weight is 549 g/mol. The number of carbonyl (C=O) groups is 2. The quantitative estimate of drug-likeness (QED) is 0.0753. The molecule has 204 valence electrons. The van der Waals surface area contributed by atoms with Crippen LogP contribution in [0, 0.1) is 0 Å². The summed E-state index contributed by atoms with van der Waals surface area (Å²) in [6.45, 7) is 4.32. The minimum Gasteiger partial charge on any atom is -0.481 e. The van der Waals surface area contributed by atoms with Gasteiger partial charge < -0.3 is 10.2 Å². The van der Waals surface area contributed by atoms with Gasteiger partial charge in [-0.1, -0.05) is 64.7 Å². The minimum atomic E-state index is -4.84. The Morgan fingerprint density at radius 3 is 1.37 bits per heavy atom. The number of carboxylic acid groups (broad SMARTS) is 2. The second-order valence-electron chi connectivity index (χ2n) is 9.21. The zero-order valence-electron chi connectivity index (χ0n) is 22.2. The van der Waals surface area contributed by atoms with Crippen molar-refractivity contribution in [3.05, 3.63) is 0 Å². The predicted molar refractivity (Wildman–Crippen MR) is 141 cm³/mol. The third-order valence-electron chi connectivity index (χ3n) is 5.78. The van der Waals surface area contributed by atoms with Gasteiger partial charge in [-0.25, -0.2) is 0 Å². The molecule has 1 atom stereocenters. The fraction of sp³-hybridized carbons (Fsp3) is 0.920. The van der Waals surface area contributed by atoms with Crippen molar-refractivity contribution in [2.24, 2.45) is 0 Å². The van der Waals surface area contributed by atoms with Gasteiger partial charge in [-0.15, -0.1) is 0 Å². The van der Waals surface area contributed by atoms with Crippen molar-refractivity contribution < 1.29 is 37.5 Å². The fourth-order valence-corrected chi connectivity index (χ4v) is 4.64. The molecule has 0 spiro atoms. The van der Waals surface area contributed by atoms with E-state index in [-0.39, 0.29) is 0 Å². The van der Waals surface area contributed by atoms with E-state index in [9.17, 15) is 18.0 Å². The summed E-state index contributed by atoms with van der Waals surface area (Å²) in [6.07, 6.45) is 23.2. The normalized spacial score (nSPS) is 12.1. The first kappa shape index (κ1) is 37.6. The molecular weight excluding hydrogens is 499 g/mol. The maximum atomic E-state index is 10.2. The van der Waals surface area contributed by atoms with Gasteiger partial charge in [0.25, 0.3) is 10.1 Å². The summed E-state index contributed by atoms with van der Waals surface area (Å²) in [5, 5.41) is 13.9. The molecule has 3 N–H and O–H groups in total. The first-order valence-corrected chi connectivity index (χ1v) is 17.4. The van der Waals surface area contributed by atoms with Crippen LogP contribution in [0.4, 0.5) is 0 Å². The molecule has 0 amide bonds. The molecule has 0 rings (SSSR count). The largest absolute Gasteiger partial charge is 0.481 e. The summed E-state index contributed by atoms with van der Waals surface area (Å²) in [4.78, 5) is 20.0. The van der Waals surface area contributed by atoms with Crippen molar-refractivity contribution in [2.45, 2.75) is 128 Å². The van der Waals surface area contributed by atoms with Crippen molar-refractivity contribution in [1.82, 2.24) is 0 Å². The van der Waals surface area contributed by atoms with Crippen LogP contribution in [0.1, 0.15) is 122 Å². The van der Waals surface area contributed by atoms with Gasteiger partial charge in [0, 0.05) is 0 Å². The van der Waals surface area contributed by atoms with Gasteiger partial charge in [-0.2, -0.15) is 8.42 Å². The molecule has 0 saturated carbocycles. The molecule has 0 aromatic carbocycles. The Hall–Kier alpha value is 0.446. The van der Waals surface area contributed by atoms with E-state index in [1.165, 1.54) is 110 Å². The number of carboxylic acids is 2. The molecule has 0 bridgehead atoms. The van der Waals surface area contributed by atoms with E-state index in [1.807, 2.05) is 0 Å². The number of ether oxygens (including phenoxy) is 1. The van der Waals surface area contributed by atoms with Gasteiger partial charge in [-0.3, -0.25) is 14.1 Å². The molecule has 1 unspecified atom stereocenters. The summed E-state index contributed by atoms with van der Waals surface area (Å²) >= 11 is 1.02.